The maximum absolute atomic E-state index is 5.52. The molecule has 1 aromatic carbocycles. The Morgan fingerprint density at radius 3 is 2.76 bits per heavy atom. The summed E-state index contributed by atoms with van der Waals surface area (Å²) in [6.07, 6.45) is 0. The minimum absolute atomic E-state index is 0.492. The van der Waals surface area contributed by atoms with Crippen LogP contribution in [0.15, 0.2) is 41.6 Å². The van der Waals surface area contributed by atoms with Gasteiger partial charge in [0, 0.05) is 17.5 Å². The lowest BCUT2D eigenvalue weighted by Gasteiger charge is -2.03. The first-order chi connectivity index (χ1) is 10.3. The lowest BCUT2D eigenvalue weighted by molar-refractivity contribution is 0.302. The molecular weight excluding hydrogens is 284 g/mol. The van der Waals surface area contributed by atoms with Gasteiger partial charge in [0.05, 0.1) is 6.61 Å². The number of fused-ring (bicyclic) bond motifs is 1. The first kappa shape index (κ1) is 13.9. The summed E-state index contributed by atoms with van der Waals surface area (Å²) >= 11 is 1.61. The highest BCUT2D eigenvalue weighted by Gasteiger charge is 2.11. The third-order valence-electron chi connectivity index (χ3n) is 2.89. The highest BCUT2D eigenvalue weighted by atomic mass is 32.2. The molecule has 0 unspecified atom stereocenters. The zero-order valence-electron chi connectivity index (χ0n) is 12.0. The molecule has 0 atom stereocenters. The summed E-state index contributed by atoms with van der Waals surface area (Å²) in [6.45, 7) is 4.41. The minimum Gasteiger partial charge on any atom is -0.464 e. The molecule has 0 amide bonds. The Bertz CT molecular complexity index is 742. The number of hydrogen-bond acceptors (Lipinski definition) is 5. The molecule has 5 nitrogen and oxygen atoms in total. The van der Waals surface area contributed by atoms with Gasteiger partial charge in [-0.2, -0.15) is 4.52 Å². The monoisotopic (exact) mass is 300 g/mol. The van der Waals surface area contributed by atoms with Gasteiger partial charge in [-0.15, -0.1) is 5.10 Å². The maximum Gasteiger partial charge on any atom is 0.319 e. The normalized spacial score (nSPS) is 11.0. The predicted octanol–water partition coefficient (Wildman–Crippen LogP) is 3.12. The molecule has 0 radical (unpaired) electrons. The van der Waals surface area contributed by atoms with Crippen LogP contribution >= 0.6 is 11.8 Å². The molecule has 3 aromatic rings. The summed E-state index contributed by atoms with van der Waals surface area (Å²) in [4.78, 5) is 8.88. The zero-order valence-corrected chi connectivity index (χ0v) is 12.8. The molecule has 0 N–H and O–H groups in total. The minimum atomic E-state index is 0.492. The summed E-state index contributed by atoms with van der Waals surface area (Å²) in [6, 6.07) is 12.7. The summed E-state index contributed by atoms with van der Waals surface area (Å²) in [5.41, 5.74) is 2.89. The third-order valence-corrected chi connectivity index (χ3v) is 3.80. The molecule has 0 saturated heterocycles. The molecule has 21 heavy (non-hydrogen) atoms. The first-order valence-corrected chi connectivity index (χ1v) is 7.79. The van der Waals surface area contributed by atoms with Crippen molar-refractivity contribution < 1.29 is 4.74 Å². The highest BCUT2D eigenvalue weighted by Crippen LogP contribution is 2.22. The number of hydrogen-bond donors (Lipinski definition) is 0. The van der Waals surface area contributed by atoms with Gasteiger partial charge in [-0.1, -0.05) is 42.1 Å². The van der Waals surface area contributed by atoms with E-state index in [1.807, 2.05) is 38.1 Å². The number of nitrogens with zero attached hydrogens (tertiary/aromatic N) is 4. The fourth-order valence-corrected chi connectivity index (χ4v) is 2.75. The molecule has 0 saturated carbocycles. The average Bonchev–Trinajstić information content (AvgIpc) is 2.89. The van der Waals surface area contributed by atoms with Gasteiger partial charge in [0.25, 0.3) is 0 Å². The molecular formula is C15H16N4OS. The van der Waals surface area contributed by atoms with Crippen molar-refractivity contribution in [2.45, 2.75) is 24.8 Å². The Hall–Kier alpha value is -2.08. The lowest BCUT2D eigenvalue weighted by atomic mass is 10.2. The summed E-state index contributed by atoms with van der Waals surface area (Å²) < 4.78 is 7.17. The van der Waals surface area contributed by atoms with Crippen LogP contribution in [0.4, 0.5) is 0 Å². The molecule has 2 heterocycles. The van der Waals surface area contributed by atoms with E-state index in [1.54, 1.807) is 16.3 Å². The number of aryl methyl sites for hydroxylation is 1. The Morgan fingerprint density at radius 1 is 1.19 bits per heavy atom. The Labute approximate surface area is 127 Å². The first-order valence-electron chi connectivity index (χ1n) is 6.80. The molecule has 0 aliphatic carbocycles. The van der Waals surface area contributed by atoms with E-state index in [-0.39, 0.29) is 0 Å². The van der Waals surface area contributed by atoms with E-state index in [1.165, 1.54) is 5.56 Å². The van der Waals surface area contributed by atoms with Gasteiger partial charge in [-0.25, -0.2) is 9.97 Å². The van der Waals surface area contributed by atoms with E-state index in [0.29, 0.717) is 12.6 Å². The quantitative estimate of drug-likeness (QED) is 0.678. The lowest BCUT2D eigenvalue weighted by Crippen LogP contribution is -2.03. The van der Waals surface area contributed by atoms with Gasteiger partial charge in [-0.05, 0) is 19.4 Å². The molecule has 2 aromatic heterocycles. The van der Waals surface area contributed by atoms with Crippen molar-refractivity contribution in [3.63, 3.8) is 0 Å². The second-order valence-electron chi connectivity index (χ2n) is 4.55. The van der Waals surface area contributed by atoms with Gasteiger partial charge in [0.1, 0.15) is 0 Å². The third kappa shape index (κ3) is 3.16. The van der Waals surface area contributed by atoms with E-state index in [9.17, 15) is 0 Å². The number of thioether (sulfide) groups is 1. The molecule has 0 fully saturated rings. The SMILES string of the molecule is CCOc1nc(C)cc2nc(SCc3ccccc3)nn12. The Morgan fingerprint density at radius 2 is 2.00 bits per heavy atom. The molecule has 0 bridgehead atoms. The van der Waals surface area contributed by atoms with Crippen molar-refractivity contribution >= 4 is 17.4 Å². The van der Waals surface area contributed by atoms with Crippen molar-refractivity contribution in [3.05, 3.63) is 47.7 Å². The van der Waals surface area contributed by atoms with Crippen molar-refractivity contribution in [1.82, 2.24) is 19.6 Å². The second-order valence-corrected chi connectivity index (χ2v) is 5.49. The van der Waals surface area contributed by atoms with Gasteiger partial charge in [-0.3, -0.25) is 0 Å². The van der Waals surface area contributed by atoms with Gasteiger partial charge in [0.2, 0.25) is 5.16 Å². The highest BCUT2D eigenvalue weighted by molar-refractivity contribution is 7.98. The summed E-state index contributed by atoms with van der Waals surface area (Å²) in [7, 11) is 0. The number of benzene rings is 1. The van der Waals surface area contributed by atoms with Crippen LogP contribution in [0.5, 0.6) is 6.01 Å². The fraction of sp³-hybridized carbons (Fsp3) is 0.267. The van der Waals surface area contributed by atoms with Crippen molar-refractivity contribution in [3.8, 4) is 6.01 Å². The topological polar surface area (TPSA) is 52.3 Å². The van der Waals surface area contributed by atoms with Crippen LogP contribution in [0, 0.1) is 6.92 Å². The van der Waals surface area contributed by atoms with Crippen LogP contribution in [0.25, 0.3) is 5.65 Å². The van der Waals surface area contributed by atoms with Crippen LogP contribution in [0.2, 0.25) is 0 Å². The molecule has 0 aliphatic rings. The standard InChI is InChI=1S/C15H16N4OS/c1-3-20-15-16-11(2)9-13-17-14(18-19(13)15)21-10-12-7-5-4-6-8-12/h4-9H,3,10H2,1-2H3. The van der Waals surface area contributed by atoms with E-state index in [2.05, 4.69) is 27.2 Å². The van der Waals surface area contributed by atoms with E-state index in [4.69, 9.17) is 4.74 Å². The largest absolute Gasteiger partial charge is 0.464 e. The zero-order chi connectivity index (χ0) is 14.7. The average molecular weight is 300 g/mol. The van der Waals surface area contributed by atoms with Crippen LogP contribution in [0.1, 0.15) is 18.2 Å². The fourth-order valence-electron chi connectivity index (χ4n) is 1.96. The summed E-state index contributed by atoms with van der Waals surface area (Å²) in [5, 5.41) is 5.20. The van der Waals surface area contributed by atoms with Crippen LogP contribution in [-0.4, -0.2) is 26.2 Å². The van der Waals surface area contributed by atoms with Crippen molar-refractivity contribution in [2.75, 3.05) is 6.61 Å². The molecule has 3 rings (SSSR count). The molecule has 108 valence electrons. The van der Waals surface area contributed by atoms with Crippen LogP contribution in [0.3, 0.4) is 0 Å². The molecule has 6 heteroatoms. The number of ether oxygens (including phenoxy) is 1. The van der Waals surface area contributed by atoms with Crippen LogP contribution < -0.4 is 4.74 Å². The number of rotatable bonds is 5. The smallest absolute Gasteiger partial charge is 0.319 e. The van der Waals surface area contributed by atoms with Crippen LogP contribution in [-0.2, 0) is 5.75 Å². The number of aromatic nitrogens is 4. The second kappa shape index (κ2) is 6.13. The van der Waals surface area contributed by atoms with E-state index in [0.717, 1.165) is 22.3 Å². The Balaban J connectivity index is 1.85. The summed E-state index contributed by atoms with van der Waals surface area (Å²) in [5.74, 6) is 0.841. The Kier molecular flexibility index (Phi) is 4.06. The van der Waals surface area contributed by atoms with Gasteiger partial charge < -0.3 is 4.74 Å². The maximum atomic E-state index is 5.52. The predicted molar refractivity (Wildman–Crippen MR) is 82.7 cm³/mol. The van der Waals surface area contributed by atoms with Crippen molar-refractivity contribution in [2.24, 2.45) is 0 Å². The molecule has 0 aliphatic heterocycles. The molecule has 0 spiro atoms. The van der Waals surface area contributed by atoms with E-state index < -0.39 is 0 Å². The van der Waals surface area contributed by atoms with Gasteiger partial charge >= 0.3 is 6.01 Å². The van der Waals surface area contributed by atoms with E-state index >= 15 is 0 Å². The van der Waals surface area contributed by atoms with Gasteiger partial charge in [0.15, 0.2) is 5.65 Å². The van der Waals surface area contributed by atoms with Crippen molar-refractivity contribution in [1.29, 1.82) is 0 Å².